The Hall–Kier alpha value is -2.37. The smallest absolute Gasteiger partial charge is 0.270 e. The van der Waals surface area contributed by atoms with E-state index < -0.39 is 4.92 Å². The third-order valence-corrected chi connectivity index (χ3v) is 3.44. The van der Waals surface area contributed by atoms with Crippen LogP contribution in [0.5, 0.6) is 0 Å². The van der Waals surface area contributed by atoms with Crippen molar-refractivity contribution in [2.45, 2.75) is 26.4 Å². The normalized spacial score (nSPS) is 11.0. The minimum absolute atomic E-state index is 0.0100. The number of carbonyl (C=O) groups is 1. The van der Waals surface area contributed by atoms with Crippen molar-refractivity contribution in [1.82, 2.24) is 9.47 Å². The second-order valence-electron chi connectivity index (χ2n) is 5.04. The van der Waals surface area contributed by atoms with Crippen LogP contribution in [0, 0.1) is 10.1 Å². The van der Waals surface area contributed by atoms with Crippen molar-refractivity contribution in [2.75, 3.05) is 7.05 Å². The molecule has 1 amide bonds. The molecule has 106 valence electrons. The molecule has 0 aliphatic rings. The van der Waals surface area contributed by atoms with Crippen LogP contribution >= 0.6 is 0 Å². The van der Waals surface area contributed by atoms with Crippen LogP contribution < -0.4 is 0 Å². The lowest BCUT2D eigenvalue weighted by Crippen LogP contribution is -2.35. The summed E-state index contributed by atoms with van der Waals surface area (Å²) in [5, 5.41) is 11.5. The first-order chi connectivity index (χ1) is 9.40. The fourth-order valence-electron chi connectivity index (χ4n) is 1.98. The van der Waals surface area contributed by atoms with E-state index in [2.05, 4.69) is 0 Å². The zero-order valence-electron chi connectivity index (χ0n) is 11.7. The molecule has 0 atom stereocenters. The molecule has 0 fully saturated rings. The monoisotopic (exact) mass is 275 g/mol. The van der Waals surface area contributed by atoms with Crippen LogP contribution in [-0.2, 0) is 11.3 Å². The standard InChI is InChI=1S/C14H17N3O3/c1-10(2)15(3)14(18)9-16-7-6-11-8-12(17(19)20)4-5-13(11)16/h4-8,10H,9H2,1-3H3. The summed E-state index contributed by atoms with van der Waals surface area (Å²) in [5.74, 6) is 0.0100. The molecule has 20 heavy (non-hydrogen) atoms. The minimum Gasteiger partial charge on any atom is -0.342 e. The Morgan fingerprint density at radius 3 is 2.70 bits per heavy atom. The van der Waals surface area contributed by atoms with Crippen LogP contribution in [0.4, 0.5) is 5.69 Å². The Morgan fingerprint density at radius 1 is 1.40 bits per heavy atom. The summed E-state index contributed by atoms with van der Waals surface area (Å²) < 4.78 is 1.81. The number of likely N-dealkylation sites (N-methyl/N-ethyl adjacent to an activating group) is 1. The van der Waals surface area contributed by atoms with Gasteiger partial charge in [-0.3, -0.25) is 14.9 Å². The van der Waals surface area contributed by atoms with E-state index in [4.69, 9.17) is 0 Å². The Balaban J connectivity index is 2.28. The fraction of sp³-hybridized carbons (Fsp3) is 0.357. The first-order valence-electron chi connectivity index (χ1n) is 6.39. The van der Waals surface area contributed by atoms with E-state index in [9.17, 15) is 14.9 Å². The lowest BCUT2D eigenvalue weighted by molar-refractivity contribution is -0.384. The number of benzene rings is 1. The molecule has 0 aliphatic heterocycles. The highest BCUT2D eigenvalue weighted by molar-refractivity contribution is 5.85. The van der Waals surface area contributed by atoms with Gasteiger partial charge in [0.05, 0.1) is 4.92 Å². The highest BCUT2D eigenvalue weighted by Crippen LogP contribution is 2.22. The van der Waals surface area contributed by atoms with Crippen LogP contribution in [0.25, 0.3) is 10.9 Å². The average molecular weight is 275 g/mol. The SMILES string of the molecule is CC(C)N(C)C(=O)Cn1ccc2cc([N+](=O)[O-])ccc21. The molecule has 2 aromatic rings. The Kier molecular flexibility index (Phi) is 3.74. The van der Waals surface area contributed by atoms with Gasteiger partial charge in [-0.05, 0) is 26.0 Å². The van der Waals surface area contributed by atoms with Gasteiger partial charge in [0.1, 0.15) is 6.54 Å². The lowest BCUT2D eigenvalue weighted by Gasteiger charge is -2.21. The minimum atomic E-state index is -0.422. The molecule has 1 aromatic carbocycles. The summed E-state index contributed by atoms with van der Waals surface area (Å²) >= 11 is 0. The summed E-state index contributed by atoms with van der Waals surface area (Å²) in [5.41, 5.74) is 0.877. The number of hydrogen-bond acceptors (Lipinski definition) is 3. The van der Waals surface area contributed by atoms with Crippen LogP contribution in [0.15, 0.2) is 30.5 Å². The van der Waals surface area contributed by atoms with Gasteiger partial charge in [0, 0.05) is 42.3 Å². The number of carbonyl (C=O) groups excluding carboxylic acids is 1. The number of aromatic nitrogens is 1. The molecule has 6 heteroatoms. The zero-order chi connectivity index (χ0) is 14.9. The number of hydrogen-bond donors (Lipinski definition) is 0. The van der Waals surface area contributed by atoms with Gasteiger partial charge in [-0.1, -0.05) is 0 Å². The van der Waals surface area contributed by atoms with Crippen molar-refractivity contribution >= 4 is 22.5 Å². The highest BCUT2D eigenvalue weighted by atomic mass is 16.6. The molecule has 1 aromatic heterocycles. The van der Waals surface area contributed by atoms with Crippen LogP contribution in [0.3, 0.4) is 0 Å². The van der Waals surface area contributed by atoms with Crippen molar-refractivity contribution < 1.29 is 9.72 Å². The van der Waals surface area contributed by atoms with Crippen LogP contribution in [0.2, 0.25) is 0 Å². The summed E-state index contributed by atoms with van der Waals surface area (Å²) in [6, 6.07) is 6.57. The quantitative estimate of drug-likeness (QED) is 0.635. The predicted octanol–water partition coefficient (Wildman–Crippen LogP) is 2.42. The summed E-state index contributed by atoms with van der Waals surface area (Å²) in [7, 11) is 1.77. The van der Waals surface area contributed by atoms with Gasteiger partial charge in [-0.15, -0.1) is 0 Å². The molecule has 0 radical (unpaired) electrons. The highest BCUT2D eigenvalue weighted by Gasteiger charge is 2.14. The number of nitro benzene ring substituents is 1. The predicted molar refractivity (Wildman–Crippen MR) is 76.5 cm³/mol. The lowest BCUT2D eigenvalue weighted by atomic mass is 10.2. The molecule has 0 N–H and O–H groups in total. The van der Waals surface area contributed by atoms with E-state index in [0.29, 0.717) is 0 Å². The second kappa shape index (κ2) is 5.32. The van der Waals surface area contributed by atoms with E-state index >= 15 is 0 Å². The van der Waals surface area contributed by atoms with Crippen molar-refractivity contribution in [3.63, 3.8) is 0 Å². The van der Waals surface area contributed by atoms with Gasteiger partial charge in [0.25, 0.3) is 5.69 Å². The molecule has 0 bridgehead atoms. The van der Waals surface area contributed by atoms with Gasteiger partial charge >= 0.3 is 0 Å². The summed E-state index contributed by atoms with van der Waals surface area (Å²) in [6.07, 6.45) is 1.78. The summed E-state index contributed by atoms with van der Waals surface area (Å²) in [4.78, 5) is 24.1. The number of nitrogens with zero attached hydrogens (tertiary/aromatic N) is 3. The van der Waals surface area contributed by atoms with E-state index in [1.54, 1.807) is 34.8 Å². The van der Waals surface area contributed by atoms with Crippen LogP contribution in [-0.4, -0.2) is 33.4 Å². The number of amides is 1. The van der Waals surface area contributed by atoms with Gasteiger partial charge in [0.2, 0.25) is 5.91 Å². The Morgan fingerprint density at radius 2 is 2.10 bits per heavy atom. The van der Waals surface area contributed by atoms with Gasteiger partial charge in [0.15, 0.2) is 0 Å². The molecule has 1 heterocycles. The zero-order valence-corrected chi connectivity index (χ0v) is 11.7. The molecular weight excluding hydrogens is 258 g/mol. The molecule has 0 saturated carbocycles. The first kappa shape index (κ1) is 14.0. The fourth-order valence-corrected chi connectivity index (χ4v) is 1.98. The maximum Gasteiger partial charge on any atom is 0.270 e. The topological polar surface area (TPSA) is 68.4 Å². The number of fused-ring (bicyclic) bond motifs is 1. The molecule has 0 spiro atoms. The molecular formula is C14H17N3O3. The molecule has 0 aliphatic carbocycles. The first-order valence-corrected chi connectivity index (χ1v) is 6.39. The Labute approximate surface area is 116 Å². The Bertz CT molecular complexity index is 661. The van der Waals surface area contributed by atoms with Crippen LogP contribution in [0.1, 0.15) is 13.8 Å². The van der Waals surface area contributed by atoms with Crippen molar-refractivity contribution in [3.05, 3.63) is 40.6 Å². The molecule has 6 nitrogen and oxygen atoms in total. The number of non-ortho nitro benzene ring substituents is 1. The van der Waals surface area contributed by atoms with Crippen molar-refractivity contribution in [2.24, 2.45) is 0 Å². The molecule has 0 unspecified atom stereocenters. The third kappa shape index (κ3) is 2.64. The van der Waals surface area contributed by atoms with E-state index in [0.717, 1.165) is 10.9 Å². The largest absolute Gasteiger partial charge is 0.342 e. The maximum atomic E-state index is 12.1. The van der Waals surface area contributed by atoms with Gasteiger partial charge < -0.3 is 9.47 Å². The van der Waals surface area contributed by atoms with E-state index in [-0.39, 0.29) is 24.2 Å². The van der Waals surface area contributed by atoms with Crippen molar-refractivity contribution in [3.8, 4) is 0 Å². The van der Waals surface area contributed by atoms with Gasteiger partial charge in [-0.25, -0.2) is 0 Å². The maximum absolute atomic E-state index is 12.1. The summed E-state index contributed by atoms with van der Waals surface area (Å²) in [6.45, 7) is 4.14. The van der Waals surface area contributed by atoms with Crippen molar-refractivity contribution in [1.29, 1.82) is 0 Å². The third-order valence-electron chi connectivity index (χ3n) is 3.44. The van der Waals surface area contributed by atoms with E-state index in [1.807, 2.05) is 13.8 Å². The average Bonchev–Trinajstić information content (AvgIpc) is 2.80. The number of nitro groups is 1. The molecule has 2 rings (SSSR count). The molecule has 0 saturated heterocycles. The number of rotatable bonds is 4. The van der Waals surface area contributed by atoms with Gasteiger partial charge in [-0.2, -0.15) is 0 Å². The second-order valence-corrected chi connectivity index (χ2v) is 5.04. The van der Waals surface area contributed by atoms with E-state index in [1.165, 1.54) is 12.1 Å².